The molecule has 1 amide bonds. The van der Waals surface area contributed by atoms with Gasteiger partial charge in [-0.1, -0.05) is 29.8 Å². The van der Waals surface area contributed by atoms with Crippen LogP contribution in [0.3, 0.4) is 0 Å². The van der Waals surface area contributed by atoms with E-state index in [1.165, 1.54) is 6.07 Å². The smallest absolute Gasteiger partial charge is 0.415 e. The van der Waals surface area contributed by atoms with E-state index in [9.17, 15) is 9.18 Å². The van der Waals surface area contributed by atoms with Crippen LogP contribution in [0.2, 0.25) is 5.02 Å². The Kier molecular flexibility index (Phi) is 7.18. The van der Waals surface area contributed by atoms with Gasteiger partial charge in [0.25, 0.3) is 0 Å². The number of rotatable bonds is 3. The highest BCUT2D eigenvalue weighted by molar-refractivity contribution is 6.31. The average molecular weight is 515 g/mol. The van der Waals surface area contributed by atoms with Gasteiger partial charge in [-0.2, -0.15) is 14.7 Å². The minimum atomic E-state index is -0.456. The Morgan fingerprint density at radius 2 is 1.78 bits per heavy atom. The first-order valence-electron chi connectivity index (χ1n) is 11.7. The molecule has 2 saturated heterocycles. The summed E-state index contributed by atoms with van der Waals surface area (Å²) < 4.78 is 22.0. The van der Waals surface area contributed by atoms with Crippen molar-refractivity contribution in [3.8, 4) is 0 Å². The Hall–Kier alpha value is -3.26. The van der Waals surface area contributed by atoms with E-state index in [4.69, 9.17) is 31.0 Å². The highest BCUT2D eigenvalue weighted by Crippen LogP contribution is 2.37. The summed E-state index contributed by atoms with van der Waals surface area (Å²) in [5.74, 6) is -0.438. The first-order chi connectivity index (χ1) is 17.1. The molecular weight excluding hydrogens is 487 g/mol. The number of hydrogen-bond donors (Lipinski definition) is 0. The van der Waals surface area contributed by atoms with E-state index >= 15 is 0 Å². The highest BCUT2D eigenvalue weighted by Gasteiger charge is 2.47. The molecule has 3 aromatic rings. The zero-order chi connectivity index (χ0) is 26.1. The first kappa shape index (κ1) is 25.8. The monoisotopic (exact) mass is 514 g/mol. The number of hydrogen-bond acceptors (Lipinski definition) is 6. The lowest BCUT2D eigenvalue weighted by Crippen LogP contribution is -2.46. The second-order valence-corrected chi connectivity index (χ2v) is 10.6. The predicted octanol–water partition coefficient (Wildman–Crippen LogP) is 4.99. The van der Waals surface area contributed by atoms with Gasteiger partial charge >= 0.3 is 12.2 Å². The van der Waals surface area contributed by atoms with Gasteiger partial charge in [-0.05, 0) is 39.0 Å². The molecular formula is C26H28ClFN4O4. The zero-order valence-corrected chi connectivity index (χ0v) is 21.2. The summed E-state index contributed by atoms with van der Waals surface area (Å²) in [5.41, 5.74) is 1.75. The summed E-state index contributed by atoms with van der Waals surface area (Å²) in [5, 5.41) is 5.83. The maximum atomic E-state index is 14.2. The third-order valence-electron chi connectivity index (χ3n) is 6.61. The Morgan fingerprint density at radius 1 is 1.14 bits per heavy atom. The standard InChI is InChI=1S/C25H28ClFN4O2.CO2/c1-24(2,3)31-22-14-20(27)19(26)13-18(22)21(28-31)15-29-11-9-25(10-12-29)16-30(23(32)33-25)17-7-5-4-6-8-17;2-1-3/h4-8,13-14H,9-12,15-16H2,1-3H3;. The van der Waals surface area contributed by atoms with Crippen LogP contribution in [0.1, 0.15) is 39.3 Å². The van der Waals surface area contributed by atoms with E-state index in [2.05, 4.69) is 4.90 Å². The van der Waals surface area contributed by atoms with E-state index in [1.807, 2.05) is 55.8 Å². The fourth-order valence-electron chi connectivity index (χ4n) is 4.82. The third kappa shape index (κ3) is 5.14. The van der Waals surface area contributed by atoms with Crippen molar-refractivity contribution >= 4 is 40.4 Å². The summed E-state index contributed by atoms with van der Waals surface area (Å²) in [6.07, 6.45) is 1.49. The number of anilines is 1. The first-order valence-corrected chi connectivity index (χ1v) is 12.1. The summed E-state index contributed by atoms with van der Waals surface area (Å²) in [6, 6.07) is 12.8. The molecule has 3 heterocycles. The van der Waals surface area contributed by atoms with Crippen molar-refractivity contribution in [2.24, 2.45) is 0 Å². The molecule has 5 rings (SSSR count). The maximum Gasteiger partial charge on any atom is 0.415 e. The number of para-hydroxylation sites is 1. The molecule has 0 bridgehead atoms. The van der Waals surface area contributed by atoms with Gasteiger partial charge in [-0.25, -0.2) is 9.18 Å². The minimum absolute atomic E-state index is 0.105. The second kappa shape index (κ2) is 10.0. The fraction of sp³-hybridized carbons (Fsp3) is 0.423. The lowest BCUT2D eigenvalue weighted by atomic mass is 9.91. The van der Waals surface area contributed by atoms with Crippen molar-refractivity contribution in [3.05, 3.63) is 59.0 Å². The number of carbonyl (C=O) groups is 1. The molecule has 36 heavy (non-hydrogen) atoms. The van der Waals surface area contributed by atoms with Gasteiger partial charge in [0.05, 0.1) is 28.3 Å². The van der Waals surface area contributed by atoms with Crippen molar-refractivity contribution < 1.29 is 23.5 Å². The molecule has 2 fully saturated rings. The number of amides is 1. The van der Waals surface area contributed by atoms with Crippen LogP contribution in [-0.2, 0) is 26.4 Å². The topological polar surface area (TPSA) is 84.7 Å². The number of ether oxygens (including phenoxy) is 1. The van der Waals surface area contributed by atoms with E-state index in [1.54, 1.807) is 11.0 Å². The van der Waals surface area contributed by atoms with Crippen LogP contribution in [0.5, 0.6) is 0 Å². The molecule has 10 heteroatoms. The van der Waals surface area contributed by atoms with Crippen LogP contribution >= 0.6 is 11.6 Å². The third-order valence-corrected chi connectivity index (χ3v) is 6.90. The molecule has 0 N–H and O–H groups in total. The normalized spacial score (nSPS) is 17.6. The average Bonchev–Trinajstić information content (AvgIpc) is 3.34. The van der Waals surface area contributed by atoms with Crippen molar-refractivity contribution in [1.29, 1.82) is 0 Å². The van der Waals surface area contributed by atoms with E-state index in [-0.39, 0.29) is 22.8 Å². The molecule has 0 radical (unpaired) electrons. The summed E-state index contributed by atoms with van der Waals surface area (Å²) in [6.45, 7) is 8.92. The largest absolute Gasteiger partial charge is 0.441 e. The van der Waals surface area contributed by atoms with Crippen LogP contribution in [0.15, 0.2) is 42.5 Å². The van der Waals surface area contributed by atoms with Crippen LogP contribution < -0.4 is 4.90 Å². The van der Waals surface area contributed by atoms with Gasteiger partial charge in [0.1, 0.15) is 11.4 Å². The van der Waals surface area contributed by atoms with Gasteiger partial charge < -0.3 is 4.74 Å². The highest BCUT2D eigenvalue weighted by atomic mass is 35.5. The van der Waals surface area contributed by atoms with Gasteiger partial charge in [-0.3, -0.25) is 14.5 Å². The van der Waals surface area contributed by atoms with E-state index in [0.717, 1.165) is 48.2 Å². The summed E-state index contributed by atoms with van der Waals surface area (Å²) >= 11 is 6.11. The molecule has 2 aromatic carbocycles. The maximum absolute atomic E-state index is 14.2. The number of halogens is 2. The molecule has 1 aromatic heterocycles. The predicted molar refractivity (Wildman–Crippen MR) is 132 cm³/mol. The van der Waals surface area contributed by atoms with Crippen molar-refractivity contribution in [3.63, 3.8) is 0 Å². The molecule has 1 spiro atoms. The van der Waals surface area contributed by atoms with Gasteiger partial charge in [0.2, 0.25) is 0 Å². The second-order valence-electron chi connectivity index (χ2n) is 10.1. The molecule has 2 aliphatic heterocycles. The molecule has 190 valence electrons. The Morgan fingerprint density at radius 3 is 2.39 bits per heavy atom. The lowest BCUT2D eigenvalue weighted by molar-refractivity contribution is -0.191. The quantitative estimate of drug-likeness (QED) is 0.489. The van der Waals surface area contributed by atoms with Crippen molar-refractivity contribution in [1.82, 2.24) is 14.7 Å². The molecule has 0 saturated carbocycles. The van der Waals surface area contributed by atoms with Crippen LogP contribution in [0, 0.1) is 5.82 Å². The number of aromatic nitrogens is 2. The molecule has 8 nitrogen and oxygen atoms in total. The number of benzene rings is 2. The number of piperidine rings is 1. The van der Waals surface area contributed by atoms with Gasteiger partial charge in [-0.15, -0.1) is 0 Å². The number of fused-ring (bicyclic) bond motifs is 1. The number of likely N-dealkylation sites (tertiary alicyclic amines) is 1. The van der Waals surface area contributed by atoms with Crippen LogP contribution in [-0.4, -0.2) is 52.2 Å². The SMILES string of the molecule is CC(C)(C)n1nc(CN2CCC3(CC2)CN(c2ccccc2)C(=O)O3)c2cc(Cl)c(F)cc21.O=C=O. The van der Waals surface area contributed by atoms with Crippen molar-refractivity contribution in [2.45, 2.75) is 51.3 Å². The van der Waals surface area contributed by atoms with Gasteiger partial charge in [0, 0.05) is 49.6 Å². The Balaban J connectivity index is 0.000000967. The summed E-state index contributed by atoms with van der Waals surface area (Å²) in [4.78, 5) is 32.9. The van der Waals surface area contributed by atoms with Crippen LogP contribution in [0.4, 0.5) is 14.9 Å². The molecule has 2 aliphatic rings. The minimum Gasteiger partial charge on any atom is -0.441 e. The zero-order valence-electron chi connectivity index (χ0n) is 20.5. The Bertz CT molecular complexity index is 1290. The molecule has 0 atom stereocenters. The van der Waals surface area contributed by atoms with Crippen molar-refractivity contribution in [2.75, 3.05) is 24.5 Å². The van der Waals surface area contributed by atoms with E-state index in [0.29, 0.717) is 13.1 Å². The van der Waals surface area contributed by atoms with Crippen LogP contribution in [0.25, 0.3) is 10.9 Å². The molecule has 0 aliphatic carbocycles. The van der Waals surface area contributed by atoms with Gasteiger partial charge in [0.15, 0.2) is 0 Å². The number of carbonyl (C=O) groups excluding carboxylic acids is 3. The molecule has 0 unspecified atom stereocenters. The Labute approximate surface area is 213 Å². The number of nitrogens with zero attached hydrogens (tertiary/aromatic N) is 4. The lowest BCUT2D eigenvalue weighted by Gasteiger charge is -2.37. The van der Waals surface area contributed by atoms with E-state index < -0.39 is 11.4 Å². The summed E-state index contributed by atoms with van der Waals surface area (Å²) in [7, 11) is 0. The fourth-order valence-corrected chi connectivity index (χ4v) is 4.98.